The Hall–Kier alpha value is -0.960. The van der Waals surface area contributed by atoms with Crippen molar-refractivity contribution in [3.8, 4) is 0 Å². The second-order valence-corrected chi connectivity index (χ2v) is 4.99. The summed E-state index contributed by atoms with van der Waals surface area (Å²) in [5.74, 6) is -0.0269. The second-order valence-electron chi connectivity index (χ2n) is 4.99. The van der Waals surface area contributed by atoms with Crippen LogP contribution in [0, 0.1) is 31.4 Å². The number of hydrogen-bond donors (Lipinski definition) is 1. The van der Waals surface area contributed by atoms with Gasteiger partial charge in [-0.15, -0.1) is 0 Å². The average Bonchev–Trinajstić information content (AvgIpc) is 2.33. The Kier molecular flexibility index (Phi) is 3.77. The van der Waals surface area contributed by atoms with Crippen LogP contribution in [0.3, 0.4) is 0 Å². The number of nitrogens with one attached hydrogen (secondary N) is 1. The fourth-order valence-electron chi connectivity index (χ4n) is 2.53. The summed E-state index contributed by atoms with van der Waals surface area (Å²) in [5, 5.41) is 3.28. The van der Waals surface area contributed by atoms with Crippen molar-refractivity contribution in [2.75, 3.05) is 13.1 Å². The van der Waals surface area contributed by atoms with E-state index in [0.29, 0.717) is 29.0 Å². The molecule has 2 rings (SSSR count). The Morgan fingerprint density at radius 1 is 1.24 bits per heavy atom. The third kappa shape index (κ3) is 2.65. The van der Waals surface area contributed by atoms with Crippen LogP contribution in [0.1, 0.15) is 29.5 Å². The first kappa shape index (κ1) is 12.5. The van der Waals surface area contributed by atoms with E-state index in [1.807, 2.05) is 0 Å². The van der Waals surface area contributed by atoms with E-state index < -0.39 is 0 Å². The molecular formula is C14H19F2N. The highest BCUT2D eigenvalue weighted by Gasteiger charge is 2.19. The van der Waals surface area contributed by atoms with Crippen molar-refractivity contribution in [3.05, 3.63) is 34.4 Å². The van der Waals surface area contributed by atoms with Crippen molar-refractivity contribution in [3.63, 3.8) is 0 Å². The summed E-state index contributed by atoms with van der Waals surface area (Å²) in [6.07, 6.45) is 2.76. The molecule has 0 radical (unpaired) electrons. The Morgan fingerprint density at radius 2 is 1.88 bits per heavy atom. The van der Waals surface area contributed by atoms with Crippen LogP contribution in [0.25, 0.3) is 0 Å². The van der Waals surface area contributed by atoms with Gasteiger partial charge in [0, 0.05) is 0 Å². The molecule has 0 amide bonds. The van der Waals surface area contributed by atoms with Crippen LogP contribution in [0.4, 0.5) is 8.78 Å². The van der Waals surface area contributed by atoms with E-state index >= 15 is 0 Å². The Labute approximate surface area is 101 Å². The summed E-state index contributed by atoms with van der Waals surface area (Å²) in [4.78, 5) is 0. The summed E-state index contributed by atoms with van der Waals surface area (Å²) >= 11 is 0. The average molecular weight is 239 g/mol. The van der Waals surface area contributed by atoms with Gasteiger partial charge in [-0.2, -0.15) is 0 Å². The zero-order valence-corrected chi connectivity index (χ0v) is 10.4. The number of halogens is 2. The van der Waals surface area contributed by atoms with Crippen molar-refractivity contribution in [2.45, 2.75) is 33.1 Å². The first-order valence-electron chi connectivity index (χ1n) is 6.24. The van der Waals surface area contributed by atoms with Crippen molar-refractivity contribution in [2.24, 2.45) is 5.92 Å². The molecule has 17 heavy (non-hydrogen) atoms. The predicted molar refractivity (Wildman–Crippen MR) is 65.1 cm³/mol. The number of hydrogen-bond acceptors (Lipinski definition) is 1. The lowest BCUT2D eigenvalue weighted by Crippen LogP contribution is -2.29. The Balaban J connectivity index is 2.24. The molecule has 0 unspecified atom stereocenters. The van der Waals surface area contributed by atoms with Gasteiger partial charge in [0.25, 0.3) is 0 Å². The summed E-state index contributed by atoms with van der Waals surface area (Å²) in [7, 11) is 0. The fraction of sp³-hybridized carbons (Fsp3) is 0.571. The third-order valence-corrected chi connectivity index (χ3v) is 3.72. The molecule has 0 aromatic heterocycles. The maximum absolute atomic E-state index is 14.0. The second kappa shape index (κ2) is 5.13. The zero-order chi connectivity index (χ0) is 12.4. The van der Waals surface area contributed by atoms with E-state index in [0.717, 1.165) is 25.9 Å². The van der Waals surface area contributed by atoms with Gasteiger partial charge in [-0.05, 0) is 74.9 Å². The van der Waals surface area contributed by atoms with E-state index in [9.17, 15) is 8.78 Å². The minimum Gasteiger partial charge on any atom is -0.317 e. The van der Waals surface area contributed by atoms with Crippen LogP contribution in [0.2, 0.25) is 0 Å². The molecule has 0 atom stereocenters. The van der Waals surface area contributed by atoms with E-state index in [1.165, 1.54) is 6.07 Å². The van der Waals surface area contributed by atoms with Crippen molar-refractivity contribution in [1.29, 1.82) is 0 Å². The lowest BCUT2D eigenvalue weighted by atomic mass is 9.88. The number of piperidine rings is 1. The van der Waals surface area contributed by atoms with Crippen LogP contribution in [-0.4, -0.2) is 13.1 Å². The highest BCUT2D eigenvalue weighted by atomic mass is 19.1. The molecule has 3 heteroatoms. The maximum Gasteiger partial charge on any atom is 0.129 e. The third-order valence-electron chi connectivity index (χ3n) is 3.72. The molecule has 94 valence electrons. The van der Waals surface area contributed by atoms with Gasteiger partial charge < -0.3 is 5.32 Å². The first-order valence-corrected chi connectivity index (χ1v) is 6.24. The molecule has 1 aromatic carbocycles. The molecule has 1 nitrogen and oxygen atoms in total. The molecule has 0 saturated carbocycles. The minimum atomic E-state index is -0.284. The van der Waals surface area contributed by atoms with Crippen LogP contribution >= 0.6 is 0 Å². The van der Waals surface area contributed by atoms with Gasteiger partial charge in [-0.25, -0.2) is 8.78 Å². The molecule has 0 aliphatic carbocycles. The molecule has 1 saturated heterocycles. The van der Waals surface area contributed by atoms with E-state index in [-0.39, 0.29) is 11.6 Å². The predicted octanol–water partition coefficient (Wildman–Crippen LogP) is 3.12. The van der Waals surface area contributed by atoms with E-state index in [4.69, 9.17) is 0 Å². The normalized spacial score (nSPS) is 17.4. The van der Waals surface area contributed by atoms with E-state index in [2.05, 4.69) is 5.32 Å². The number of benzene rings is 1. The first-order chi connectivity index (χ1) is 8.09. The molecule has 1 fully saturated rings. The van der Waals surface area contributed by atoms with E-state index in [1.54, 1.807) is 13.8 Å². The van der Waals surface area contributed by atoms with Crippen LogP contribution < -0.4 is 5.32 Å². The molecule has 0 spiro atoms. The Bertz CT molecular complexity index is 383. The van der Waals surface area contributed by atoms with Gasteiger partial charge in [0.05, 0.1) is 0 Å². The van der Waals surface area contributed by atoms with Gasteiger partial charge in [0.1, 0.15) is 11.6 Å². The minimum absolute atomic E-state index is 0.220. The lowest BCUT2D eigenvalue weighted by Gasteiger charge is -2.24. The summed E-state index contributed by atoms with van der Waals surface area (Å²) in [6, 6.07) is 1.29. The largest absolute Gasteiger partial charge is 0.317 e. The molecule has 1 N–H and O–H groups in total. The number of aryl methyl sites for hydroxylation is 1. The topological polar surface area (TPSA) is 12.0 Å². The summed E-state index contributed by atoms with van der Waals surface area (Å²) in [6.45, 7) is 5.28. The highest BCUT2D eigenvalue weighted by molar-refractivity contribution is 5.34. The van der Waals surface area contributed by atoms with Gasteiger partial charge in [0.2, 0.25) is 0 Å². The molecule has 1 aliphatic heterocycles. The van der Waals surface area contributed by atoms with Crippen molar-refractivity contribution >= 4 is 0 Å². The molecule has 1 aliphatic rings. The smallest absolute Gasteiger partial charge is 0.129 e. The monoisotopic (exact) mass is 239 g/mol. The molecular weight excluding hydrogens is 220 g/mol. The Morgan fingerprint density at radius 3 is 2.53 bits per heavy atom. The van der Waals surface area contributed by atoms with Gasteiger partial charge in [-0.3, -0.25) is 0 Å². The molecule has 0 bridgehead atoms. The van der Waals surface area contributed by atoms with Gasteiger partial charge >= 0.3 is 0 Å². The SMILES string of the molecule is Cc1cc(F)c(C)c(CC2CCNCC2)c1F. The molecule has 1 heterocycles. The lowest BCUT2D eigenvalue weighted by molar-refractivity contribution is 0.367. The summed E-state index contributed by atoms with van der Waals surface area (Å²) in [5.41, 5.74) is 1.47. The van der Waals surface area contributed by atoms with Gasteiger partial charge in [0.15, 0.2) is 0 Å². The van der Waals surface area contributed by atoms with Crippen LogP contribution in [0.5, 0.6) is 0 Å². The van der Waals surface area contributed by atoms with Crippen LogP contribution in [-0.2, 0) is 6.42 Å². The van der Waals surface area contributed by atoms with Gasteiger partial charge in [-0.1, -0.05) is 0 Å². The van der Waals surface area contributed by atoms with Crippen molar-refractivity contribution < 1.29 is 8.78 Å². The zero-order valence-electron chi connectivity index (χ0n) is 10.4. The van der Waals surface area contributed by atoms with Crippen molar-refractivity contribution in [1.82, 2.24) is 5.32 Å². The van der Waals surface area contributed by atoms with Crippen LogP contribution in [0.15, 0.2) is 6.07 Å². The summed E-state index contributed by atoms with van der Waals surface area (Å²) < 4.78 is 27.6. The standard InChI is InChI=1S/C14H19F2N/c1-9-7-13(15)10(2)12(14(9)16)8-11-3-5-17-6-4-11/h7,11,17H,3-6,8H2,1-2H3. The molecule has 1 aromatic rings. The number of rotatable bonds is 2. The maximum atomic E-state index is 14.0. The highest BCUT2D eigenvalue weighted by Crippen LogP contribution is 2.26. The quantitative estimate of drug-likeness (QED) is 0.836. The fourth-order valence-corrected chi connectivity index (χ4v) is 2.53.